The van der Waals surface area contributed by atoms with Gasteiger partial charge in [0.2, 0.25) is 0 Å². The van der Waals surface area contributed by atoms with Crippen LogP contribution in [0.4, 0.5) is 5.82 Å². The van der Waals surface area contributed by atoms with Crippen LogP contribution in [0.25, 0.3) is 0 Å². The van der Waals surface area contributed by atoms with Gasteiger partial charge in [-0.25, -0.2) is 4.98 Å². The summed E-state index contributed by atoms with van der Waals surface area (Å²) in [6.45, 7) is 4.28. The van der Waals surface area contributed by atoms with E-state index < -0.39 is 0 Å². The average Bonchev–Trinajstić information content (AvgIpc) is 2.27. The molecule has 0 fully saturated rings. The molecule has 86 valence electrons. The second kappa shape index (κ2) is 6.34. The van der Waals surface area contributed by atoms with E-state index in [0.29, 0.717) is 22.6 Å². The number of hydrogen-bond acceptors (Lipinski definition) is 3. The molecule has 0 bridgehead atoms. The summed E-state index contributed by atoms with van der Waals surface area (Å²) in [5, 5.41) is 12.5. The highest BCUT2D eigenvalue weighted by atomic mass is 35.5. The lowest BCUT2D eigenvalue weighted by molar-refractivity contribution is 0.620. The van der Waals surface area contributed by atoms with Gasteiger partial charge in [0.25, 0.3) is 0 Å². The van der Waals surface area contributed by atoms with Crippen molar-refractivity contribution < 1.29 is 0 Å². The van der Waals surface area contributed by atoms with Crippen LogP contribution < -0.4 is 5.32 Å². The molecule has 16 heavy (non-hydrogen) atoms. The normalized spacial score (nSPS) is 11.9. The molecule has 0 saturated heterocycles. The van der Waals surface area contributed by atoms with E-state index in [4.69, 9.17) is 16.9 Å². The van der Waals surface area contributed by atoms with E-state index in [9.17, 15) is 0 Å². The van der Waals surface area contributed by atoms with E-state index in [0.717, 1.165) is 19.3 Å². The number of hydrogen-bond donors (Lipinski definition) is 1. The molecule has 0 spiro atoms. The number of aromatic nitrogens is 1. The Labute approximate surface area is 101 Å². The number of halogens is 1. The molecule has 0 aliphatic carbocycles. The summed E-state index contributed by atoms with van der Waals surface area (Å²) in [7, 11) is 0. The van der Waals surface area contributed by atoms with Crippen LogP contribution in [0.1, 0.15) is 38.7 Å². The zero-order valence-corrected chi connectivity index (χ0v) is 10.4. The van der Waals surface area contributed by atoms with Crippen LogP contribution in [0.5, 0.6) is 0 Å². The fraction of sp³-hybridized carbons (Fsp3) is 0.500. The van der Waals surface area contributed by atoms with Crippen LogP contribution in [0, 0.1) is 11.3 Å². The van der Waals surface area contributed by atoms with E-state index in [1.54, 1.807) is 12.1 Å². The SMILES string of the molecule is CCCC(CC)Nc1cc(C#N)cc(Cl)n1. The van der Waals surface area contributed by atoms with Gasteiger partial charge in [-0.2, -0.15) is 5.26 Å². The molecule has 4 heteroatoms. The van der Waals surface area contributed by atoms with Crippen molar-refractivity contribution >= 4 is 17.4 Å². The van der Waals surface area contributed by atoms with Gasteiger partial charge in [0.1, 0.15) is 11.0 Å². The van der Waals surface area contributed by atoms with Crippen LogP contribution >= 0.6 is 11.6 Å². The van der Waals surface area contributed by atoms with Gasteiger partial charge in [0.05, 0.1) is 11.6 Å². The summed E-state index contributed by atoms with van der Waals surface area (Å²) in [5.41, 5.74) is 0.536. The Balaban J connectivity index is 2.80. The summed E-state index contributed by atoms with van der Waals surface area (Å²) in [4.78, 5) is 4.16. The first-order chi connectivity index (χ1) is 7.69. The number of nitrogens with one attached hydrogen (secondary N) is 1. The van der Waals surface area contributed by atoms with Crippen molar-refractivity contribution in [3.63, 3.8) is 0 Å². The van der Waals surface area contributed by atoms with Crippen molar-refractivity contribution in [1.29, 1.82) is 5.26 Å². The van der Waals surface area contributed by atoms with Crippen LogP contribution in [-0.4, -0.2) is 11.0 Å². The minimum Gasteiger partial charge on any atom is -0.367 e. The highest BCUT2D eigenvalue weighted by Crippen LogP contribution is 2.16. The third-order valence-corrected chi connectivity index (χ3v) is 2.60. The van der Waals surface area contributed by atoms with Gasteiger partial charge in [-0.15, -0.1) is 0 Å². The van der Waals surface area contributed by atoms with Crippen molar-refractivity contribution in [1.82, 2.24) is 4.98 Å². The van der Waals surface area contributed by atoms with Gasteiger partial charge in [-0.05, 0) is 25.0 Å². The monoisotopic (exact) mass is 237 g/mol. The third-order valence-electron chi connectivity index (χ3n) is 2.41. The molecule has 1 unspecified atom stereocenters. The third kappa shape index (κ3) is 3.71. The predicted molar refractivity (Wildman–Crippen MR) is 66.6 cm³/mol. The number of anilines is 1. The predicted octanol–water partition coefficient (Wildman–Crippen LogP) is 3.60. The molecule has 1 atom stereocenters. The number of rotatable bonds is 5. The van der Waals surface area contributed by atoms with Gasteiger partial charge in [0.15, 0.2) is 0 Å². The molecule has 1 rings (SSSR count). The second-order valence-electron chi connectivity index (χ2n) is 3.71. The molecule has 0 aromatic carbocycles. The molecule has 0 aliphatic heterocycles. The van der Waals surface area contributed by atoms with Gasteiger partial charge in [-0.3, -0.25) is 0 Å². The van der Waals surface area contributed by atoms with Crippen LogP contribution in [0.15, 0.2) is 12.1 Å². The minimum absolute atomic E-state index is 0.355. The van der Waals surface area contributed by atoms with Crippen molar-refractivity contribution in [3.8, 4) is 6.07 Å². The van der Waals surface area contributed by atoms with Crippen molar-refractivity contribution in [2.45, 2.75) is 39.2 Å². The molecular formula is C12H16ClN3. The molecule has 1 heterocycles. The highest BCUT2D eigenvalue weighted by molar-refractivity contribution is 6.29. The minimum atomic E-state index is 0.355. The zero-order chi connectivity index (χ0) is 12.0. The Morgan fingerprint density at radius 1 is 1.50 bits per heavy atom. The van der Waals surface area contributed by atoms with E-state index >= 15 is 0 Å². The molecule has 0 radical (unpaired) electrons. The maximum atomic E-state index is 8.82. The Morgan fingerprint density at radius 2 is 2.25 bits per heavy atom. The van der Waals surface area contributed by atoms with Crippen LogP contribution in [0.2, 0.25) is 5.15 Å². The Bertz CT molecular complexity index is 384. The quantitative estimate of drug-likeness (QED) is 0.796. The maximum absolute atomic E-state index is 8.82. The van der Waals surface area contributed by atoms with E-state index in [-0.39, 0.29) is 0 Å². The molecule has 3 nitrogen and oxygen atoms in total. The van der Waals surface area contributed by atoms with Crippen molar-refractivity contribution in [3.05, 3.63) is 22.8 Å². The first-order valence-electron chi connectivity index (χ1n) is 5.53. The molecule has 0 aliphatic rings. The Morgan fingerprint density at radius 3 is 2.81 bits per heavy atom. The first kappa shape index (κ1) is 12.8. The highest BCUT2D eigenvalue weighted by Gasteiger charge is 2.07. The fourth-order valence-corrected chi connectivity index (χ4v) is 1.78. The van der Waals surface area contributed by atoms with Gasteiger partial charge >= 0.3 is 0 Å². The van der Waals surface area contributed by atoms with Crippen molar-refractivity contribution in [2.24, 2.45) is 0 Å². The van der Waals surface area contributed by atoms with Crippen LogP contribution in [0.3, 0.4) is 0 Å². The first-order valence-corrected chi connectivity index (χ1v) is 5.91. The molecule has 1 N–H and O–H groups in total. The standard InChI is InChI=1S/C12H16ClN3/c1-3-5-10(4-2)15-12-7-9(8-14)6-11(13)16-12/h6-7,10H,3-5H2,1-2H3,(H,15,16). The van der Waals surface area contributed by atoms with Crippen molar-refractivity contribution in [2.75, 3.05) is 5.32 Å². The smallest absolute Gasteiger partial charge is 0.132 e. The Hall–Kier alpha value is -1.27. The molecule has 0 saturated carbocycles. The lowest BCUT2D eigenvalue weighted by Gasteiger charge is -2.16. The van der Waals surface area contributed by atoms with Crippen LogP contribution in [-0.2, 0) is 0 Å². The number of nitriles is 1. The average molecular weight is 238 g/mol. The van der Waals surface area contributed by atoms with E-state index in [1.165, 1.54) is 0 Å². The zero-order valence-electron chi connectivity index (χ0n) is 9.63. The van der Waals surface area contributed by atoms with Gasteiger partial charge in [0, 0.05) is 6.04 Å². The lowest BCUT2D eigenvalue weighted by Crippen LogP contribution is -2.18. The summed E-state index contributed by atoms with van der Waals surface area (Å²) in [6, 6.07) is 5.75. The second-order valence-corrected chi connectivity index (χ2v) is 4.10. The fourth-order valence-electron chi connectivity index (χ4n) is 1.57. The lowest BCUT2D eigenvalue weighted by atomic mass is 10.1. The van der Waals surface area contributed by atoms with Gasteiger partial charge < -0.3 is 5.32 Å². The Kier molecular flexibility index (Phi) is 5.07. The van der Waals surface area contributed by atoms with Gasteiger partial charge in [-0.1, -0.05) is 31.9 Å². The summed E-state index contributed by atoms with van der Waals surface area (Å²) >= 11 is 5.83. The maximum Gasteiger partial charge on any atom is 0.132 e. The topological polar surface area (TPSA) is 48.7 Å². The van der Waals surface area contributed by atoms with E-state index in [1.807, 2.05) is 0 Å². The molecular weight excluding hydrogens is 222 g/mol. The molecule has 1 aromatic rings. The number of pyridine rings is 1. The largest absolute Gasteiger partial charge is 0.367 e. The molecule has 1 aromatic heterocycles. The van der Waals surface area contributed by atoms with E-state index in [2.05, 4.69) is 30.2 Å². The summed E-state index contributed by atoms with van der Waals surface area (Å²) < 4.78 is 0. The number of nitrogens with zero attached hydrogens (tertiary/aromatic N) is 2. The summed E-state index contributed by atoms with van der Waals surface area (Å²) in [5.74, 6) is 0.685. The molecule has 0 amide bonds. The summed E-state index contributed by atoms with van der Waals surface area (Å²) in [6.07, 6.45) is 3.24.